The Hall–Kier alpha value is -1.75. The Labute approximate surface area is 97.5 Å². The Bertz CT molecular complexity index is 421. The number of halogens is 1. The highest BCUT2D eigenvalue weighted by atomic mass is 35.5. The van der Waals surface area contributed by atoms with Gasteiger partial charge in [0.05, 0.1) is 7.11 Å². The fourth-order valence-electron chi connectivity index (χ4n) is 1.15. The summed E-state index contributed by atoms with van der Waals surface area (Å²) in [5, 5.41) is 2.87. The minimum absolute atomic E-state index is 0.130. The number of nitrogens with one attached hydrogen (secondary N) is 1. The summed E-state index contributed by atoms with van der Waals surface area (Å²) in [6.07, 6.45) is 0. The van der Waals surface area contributed by atoms with Crippen LogP contribution < -0.4 is 15.8 Å². The first-order chi connectivity index (χ1) is 7.54. The van der Waals surface area contributed by atoms with Crippen LogP contribution in [0.5, 0.6) is 5.75 Å². The fraction of sp³-hybridized carbons (Fsp3) is 0.200. The van der Waals surface area contributed by atoms with E-state index in [1.807, 2.05) is 0 Å². The zero-order chi connectivity index (χ0) is 12.1. The summed E-state index contributed by atoms with van der Waals surface area (Å²) in [6, 6.07) is 4.98. The lowest BCUT2D eigenvalue weighted by Gasteiger charge is -2.09. The van der Waals surface area contributed by atoms with E-state index in [1.165, 1.54) is 7.11 Å². The molecule has 5 nitrogen and oxygen atoms in total. The van der Waals surface area contributed by atoms with Crippen molar-refractivity contribution in [1.29, 1.82) is 0 Å². The predicted octanol–water partition coefficient (Wildman–Crippen LogP) is 0.450. The monoisotopic (exact) mass is 242 g/mol. The van der Waals surface area contributed by atoms with Crippen molar-refractivity contribution in [1.82, 2.24) is 5.32 Å². The lowest BCUT2D eigenvalue weighted by molar-refractivity contribution is -0.137. The third-order valence-electron chi connectivity index (χ3n) is 1.91. The van der Waals surface area contributed by atoms with Gasteiger partial charge in [-0.15, -0.1) is 0 Å². The van der Waals surface area contributed by atoms with Gasteiger partial charge in [0.25, 0.3) is 0 Å². The van der Waals surface area contributed by atoms with Crippen molar-refractivity contribution in [2.24, 2.45) is 5.73 Å². The highest BCUT2D eigenvalue weighted by molar-refractivity contribution is 6.34. The summed E-state index contributed by atoms with van der Waals surface area (Å²) < 4.78 is 5.07. The number of methoxy groups -OCH3 is 1. The van der Waals surface area contributed by atoms with E-state index in [4.69, 9.17) is 22.1 Å². The summed E-state index contributed by atoms with van der Waals surface area (Å²) in [6.45, 7) is 0.130. The normalized spacial score (nSPS) is 9.62. The van der Waals surface area contributed by atoms with Crippen molar-refractivity contribution in [2.45, 2.75) is 6.54 Å². The van der Waals surface area contributed by atoms with Crippen LogP contribution in [0.1, 0.15) is 5.56 Å². The molecular formula is C10H11ClN2O3. The van der Waals surface area contributed by atoms with Crippen LogP contribution in [0.2, 0.25) is 5.02 Å². The van der Waals surface area contributed by atoms with E-state index in [0.717, 1.165) is 0 Å². The molecule has 0 heterocycles. The van der Waals surface area contributed by atoms with E-state index in [9.17, 15) is 9.59 Å². The van der Waals surface area contributed by atoms with Crippen LogP contribution in [0, 0.1) is 0 Å². The fourth-order valence-corrected chi connectivity index (χ4v) is 1.34. The van der Waals surface area contributed by atoms with Gasteiger partial charge >= 0.3 is 11.8 Å². The largest absolute Gasteiger partial charge is 0.496 e. The van der Waals surface area contributed by atoms with Crippen molar-refractivity contribution in [2.75, 3.05) is 7.11 Å². The molecule has 2 amide bonds. The molecule has 0 saturated carbocycles. The Balaban J connectivity index is 2.76. The molecule has 0 unspecified atom stereocenters. The number of ether oxygens (including phenoxy) is 1. The average Bonchev–Trinajstić information content (AvgIpc) is 2.25. The number of hydrogen-bond donors (Lipinski definition) is 2. The second-order valence-electron chi connectivity index (χ2n) is 3.00. The highest BCUT2D eigenvalue weighted by Gasteiger charge is 2.10. The summed E-state index contributed by atoms with van der Waals surface area (Å²) in [5.41, 5.74) is 5.46. The number of nitrogens with two attached hydrogens (primary N) is 1. The third-order valence-corrected chi connectivity index (χ3v) is 2.14. The Morgan fingerprint density at radius 2 is 2.19 bits per heavy atom. The second kappa shape index (κ2) is 5.37. The molecule has 0 radical (unpaired) electrons. The van der Waals surface area contributed by atoms with Gasteiger partial charge in [-0.05, 0) is 18.2 Å². The van der Waals surface area contributed by atoms with Crippen molar-refractivity contribution in [3.05, 3.63) is 28.8 Å². The van der Waals surface area contributed by atoms with E-state index in [1.54, 1.807) is 18.2 Å². The lowest BCUT2D eigenvalue weighted by Crippen LogP contribution is -2.35. The van der Waals surface area contributed by atoms with Gasteiger partial charge in [0.15, 0.2) is 0 Å². The van der Waals surface area contributed by atoms with E-state index in [0.29, 0.717) is 16.3 Å². The first kappa shape index (κ1) is 12.3. The molecule has 0 atom stereocenters. The number of carbonyl (C=O) groups is 2. The smallest absolute Gasteiger partial charge is 0.309 e. The number of hydrogen-bond acceptors (Lipinski definition) is 3. The van der Waals surface area contributed by atoms with Crippen molar-refractivity contribution in [3.63, 3.8) is 0 Å². The Kier molecular flexibility index (Phi) is 4.13. The molecular weight excluding hydrogens is 232 g/mol. The molecule has 1 rings (SSSR count). The van der Waals surface area contributed by atoms with E-state index >= 15 is 0 Å². The second-order valence-corrected chi connectivity index (χ2v) is 3.44. The number of carbonyl (C=O) groups excluding carboxylic acids is 2. The first-order valence-electron chi connectivity index (χ1n) is 4.44. The minimum atomic E-state index is -1.03. The topological polar surface area (TPSA) is 81.4 Å². The first-order valence-corrected chi connectivity index (χ1v) is 4.82. The van der Waals surface area contributed by atoms with Crippen molar-refractivity contribution < 1.29 is 14.3 Å². The van der Waals surface area contributed by atoms with Gasteiger partial charge in [-0.2, -0.15) is 0 Å². The van der Waals surface area contributed by atoms with Gasteiger partial charge in [0.2, 0.25) is 0 Å². The molecule has 0 aliphatic rings. The molecule has 0 aliphatic carbocycles. The maximum atomic E-state index is 10.9. The maximum Gasteiger partial charge on any atom is 0.309 e. The molecule has 0 aliphatic heterocycles. The van der Waals surface area contributed by atoms with Gasteiger partial charge in [0, 0.05) is 17.1 Å². The SMILES string of the molecule is COc1ccc(Cl)cc1CNC(=O)C(N)=O. The van der Waals surface area contributed by atoms with Crippen LogP contribution in [0.25, 0.3) is 0 Å². The number of primary amides is 1. The summed E-state index contributed by atoms with van der Waals surface area (Å²) in [5.74, 6) is -1.29. The van der Waals surface area contributed by atoms with Gasteiger partial charge in [-0.25, -0.2) is 0 Å². The molecule has 0 bridgehead atoms. The number of benzene rings is 1. The lowest BCUT2D eigenvalue weighted by atomic mass is 10.2. The van der Waals surface area contributed by atoms with E-state index < -0.39 is 11.8 Å². The van der Waals surface area contributed by atoms with Gasteiger partial charge in [0.1, 0.15) is 5.75 Å². The molecule has 0 fully saturated rings. The molecule has 6 heteroatoms. The Morgan fingerprint density at radius 3 is 2.75 bits per heavy atom. The third kappa shape index (κ3) is 3.13. The van der Waals surface area contributed by atoms with Gasteiger partial charge in [-0.3, -0.25) is 9.59 Å². The number of amides is 2. The van der Waals surface area contributed by atoms with Crippen LogP contribution in [0.15, 0.2) is 18.2 Å². The van der Waals surface area contributed by atoms with Crippen molar-refractivity contribution in [3.8, 4) is 5.75 Å². The molecule has 86 valence electrons. The quantitative estimate of drug-likeness (QED) is 0.755. The van der Waals surface area contributed by atoms with Crippen LogP contribution in [-0.2, 0) is 16.1 Å². The molecule has 0 spiro atoms. The highest BCUT2D eigenvalue weighted by Crippen LogP contribution is 2.22. The van der Waals surface area contributed by atoms with E-state index in [2.05, 4.69) is 5.32 Å². The molecule has 0 saturated heterocycles. The Morgan fingerprint density at radius 1 is 1.50 bits per heavy atom. The molecule has 0 aromatic heterocycles. The molecule has 16 heavy (non-hydrogen) atoms. The summed E-state index contributed by atoms with van der Waals surface area (Å²) in [7, 11) is 1.50. The average molecular weight is 243 g/mol. The van der Waals surface area contributed by atoms with Crippen LogP contribution >= 0.6 is 11.6 Å². The zero-order valence-electron chi connectivity index (χ0n) is 8.62. The molecule has 1 aromatic carbocycles. The zero-order valence-corrected chi connectivity index (χ0v) is 9.38. The standard InChI is InChI=1S/C10H11ClN2O3/c1-16-8-3-2-7(11)4-6(8)5-13-10(15)9(12)14/h2-4H,5H2,1H3,(H2,12,14)(H,13,15). The molecule has 1 aromatic rings. The van der Waals surface area contributed by atoms with Gasteiger partial charge in [-0.1, -0.05) is 11.6 Å². The van der Waals surface area contributed by atoms with Crippen molar-refractivity contribution >= 4 is 23.4 Å². The number of rotatable bonds is 3. The van der Waals surface area contributed by atoms with E-state index in [-0.39, 0.29) is 6.54 Å². The molecule has 3 N–H and O–H groups in total. The van der Waals surface area contributed by atoms with Gasteiger partial charge < -0.3 is 15.8 Å². The van der Waals surface area contributed by atoms with Crippen LogP contribution in [0.4, 0.5) is 0 Å². The maximum absolute atomic E-state index is 10.9. The summed E-state index contributed by atoms with van der Waals surface area (Å²) >= 11 is 5.79. The van der Waals surface area contributed by atoms with Crippen LogP contribution in [-0.4, -0.2) is 18.9 Å². The predicted molar refractivity (Wildman–Crippen MR) is 59.0 cm³/mol. The van der Waals surface area contributed by atoms with Crippen LogP contribution in [0.3, 0.4) is 0 Å². The minimum Gasteiger partial charge on any atom is -0.496 e. The summed E-state index contributed by atoms with van der Waals surface area (Å²) in [4.78, 5) is 21.4.